The number of nitrogens with zero attached hydrogens (tertiary/aromatic N) is 3. The van der Waals surface area contributed by atoms with E-state index in [1.54, 1.807) is 7.05 Å². The lowest BCUT2D eigenvalue weighted by molar-refractivity contribution is -0.121. The first-order chi connectivity index (χ1) is 12.0. The lowest BCUT2D eigenvalue weighted by Crippen LogP contribution is -2.46. The number of carbonyl (C=O) groups is 1. The molecule has 1 fully saturated rings. The highest BCUT2D eigenvalue weighted by Crippen LogP contribution is 2.20. The van der Waals surface area contributed by atoms with Crippen LogP contribution in [0.15, 0.2) is 4.99 Å². The third-order valence-electron chi connectivity index (χ3n) is 5.06. The van der Waals surface area contributed by atoms with Crippen molar-refractivity contribution >= 4 is 35.8 Å². The van der Waals surface area contributed by atoms with Gasteiger partial charge in [-0.25, -0.2) is 0 Å². The van der Waals surface area contributed by atoms with Crippen molar-refractivity contribution in [2.24, 2.45) is 10.9 Å². The number of aliphatic imine (C=N–C) groups is 1. The summed E-state index contributed by atoms with van der Waals surface area (Å²) in [6.45, 7) is 11.5. The molecule has 154 valence electrons. The summed E-state index contributed by atoms with van der Waals surface area (Å²) in [6, 6.07) is 0.608. The summed E-state index contributed by atoms with van der Waals surface area (Å²) in [6.07, 6.45) is 5.10. The summed E-state index contributed by atoms with van der Waals surface area (Å²) in [7, 11) is 3.90. The number of hydrogen-bond acceptors (Lipinski definition) is 3. The van der Waals surface area contributed by atoms with Crippen LogP contribution in [0.25, 0.3) is 0 Å². The van der Waals surface area contributed by atoms with Gasteiger partial charge in [-0.05, 0) is 66.0 Å². The maximum Gasteiger partial charge on any atom is 0.220 e. The second-order valence-corrected chi connectivity index (χ2v) is 7.32. The van der Waals surface area contributed by atoms with Crippen LogP contribution in [0.1, 0.15) is 52.9 Å². The molecule has 1 amide bonds. The molecule has 0 aromatic carbocycles. The second kappa shape index (κ2) is 14.5. The Morgan fingerprint density at radius 2 is 1.92 bits per heavy atom. The van der Waals surface area contributed by atoms with Crippen LogP contribution >= 0.6 is 24.0 Å². The van der Waals surface area contributed by atoms with Crippen LogP contribution in [0.2, 0.25) is 0 Å². The van der Waals surface area contributed by atoms with Crippen molar-refractivity contribution in [3.63, 3.8) is 0 Å². The van der Waals surface area contributed by atoms with Crippen molar-refractivity contribution in [2.45, 2.75) is 58.9 Å². The van der Waals surface area contributed by atoms with Crippen molar-refractivity contribution in [1.29, 1.82) is 0 Å². The molecule has 0 radical (unpaired) electrons. The monoisotopic (exact) mass is 481 g/mol. The smallest absolute Gasteiger partial charge is 0.220 e. The fourth-order valence-electron chi connectivity index (χ4n) is 3.06. The number of rotatable bonds is 9. The average Bonchev–Trinajstić information content (AvgIpc) is 2.60. The molecule has 0 bridgehead atoms. The van der Waals surface area contributed by atoms with Gasteiger partial charge in [-0.3, -0.25) is 9.79 Å². The maximum absolute atomic E-state index is 11.5. The van der Waals surface area contributed by atoms with Gasteiger partial charge in [0.2, 0.25) is 5.91 Å². The number of halogens is 1. The Balaban J connectivity index is 0.00000625. The van der Waals surface area contributed by atoms with Gasteiger partial charge in [0, 0.05) is 45.7 Å². The third-order valence-corrected chi connectivity index (χ3v) is 5.06. The Kier molecular flexibility index (Phi) is 14.2. The molecule has 1 rings (SSSR count). The Morgan fingerprint density at radius 3 is 2.46 bits per heavy atom. The quantitative estimate of drug-likeness (QED) is 0.230. The molecule has 1 aliphatic rings. The van der Waals surface area contributed by atoms with Gasteiger partial charge in [-0.15, -0.1) is 24.0 Å². The van der Waals surface area contributed by atoms with E-state index >= 15 is 0 Å². The maximum atomic E-state index is 11.5. The van der Waals surface area contributed by atoms with Gasteiger partial charge in [0.15, 0.2) is 5.96 Å². The molecule has 0 atom stereocenters. The number of piperidine rings is 1. The zero-order chi connectivity index (χ0) is 18.7. The van der Waals surface area contributed by atoms with Gasteiger partial charge in [-0.2, -0.15) is 0 Å². The lowest BCUT2D eigenvalue weighted by Gasteiger charge is -2.34. The zero-order valence-corrected chi connectivity index (χ0v) is 19.7. The summed E-state index contributed by atoms with van der Waals surface area (Å²) < 4.78 is 0. The summed E-state index contributed by atoms with van der Waals surface area (Å²) in [5.41, 5.74) is 0. The molecule has 0 saturated carbocycles. The molecule has 0 aromatic rings. The van der Waals surface area contributed by atoms with Crippen molar-refractivity contribution in [2.75, 3.05) is 46.8 Å². The Hall–Kier alpha value is -0.570. The molecule has 6 nitrogen and oxygen atoms in total. The van der Waals surface area contributed by atoms with Crippen LogP contribution in [0.5, 0.6) is 0 Å². The van der Waals surface area contributed by atoms with E-state index in [1.165, 1.54) is 6.42 Å². The molecule has 0 aromatic heterocycles. The molecule has 1 aliphatic heterocycles. The molecule has 1 saturated heterocycles. The molecular formula is C19H40IN5O. The van der Waals surface area contributed by atoms with E-state index in [1.807, 2.05) is 0 Å². The Morgan fingerprint density at radius 1 is 1.27 bits per heavy atom. The highest BCUT2D eigenvalue weighted by Gasteiger charge is 2.22. The minimum absolute atomic E-state index is 0. The fourth-order valence-corrected chi connectivity index (χ4v) is 3.06. The van der Waals surface area contributed by atoms with E-state index in [2.05, 4.69) is 48.3 Å². The summed E-state index contributed by atoms with van der Waals surface area (Å²) in [5.74, 6) is 1.70. The van der Waals surface area contributed by atoms with Crippen molar-refractivity contribution in [3.8, 4) is 0 Å². The van der Waals surface area contributed by atoms with Crippen LogP contribution in [0, 0.1) is 5.92 Å². The van der Waals surface area contributed by atoms with Crippen LogP contribution in [0.3, 0.4) is 0 Å². The molecular weight excluding hydrogens is 441 g/mol. The predicted molar refractivity (Wildman–Crippen MR) is 121 cm³/mol. The van der Waals surface area contributed by atoms with Gasteiger partial charge in [0.25, 0.3) is 0 Å². The fraction of sp³-hybridized carbons (Fsp3) is 0.895. The third kappa shape index (κ3) is 9.94. The van der Waals surface area contributed by atoms with E-state index in [0.29, 0.717) is 18.4 Å². The second-order valence-electron chi connectivity index (χ2n) is 7.32. The lowest BCUT2D eigenvalue weighted by atomic mass is 9.93. The number of hydrogen-bond donors (Lipinski definition) is 2. The number of likely N-dealkylation sites (tertiary alicyclic amines) is 1. The first kappa shape index (κ1) is 25.4. The Labute approximate surface area is 177 Å². The van der Waals surface area contributed by atoms with E-state index in [0.717, 1.165) is 57.9 Å². The summed E-state index contributed by atoms with van der Waals surface area (Å²) in [5, 5.41) is 6.15. The average molecular weight is 481 g/mol. The van der Waals surface area contributed by atoms with Crippen LogP contribution < -0.4 is 10.6 Å². The number of amides is 1. The minimum Gasteiger partial charge on any atom is -0.359 e. The molecule has 26 heavy (non-hydrogen) atoms. The number of unbranched alkanes of at least 4 members (excludes halogenated alkanes) is 1. The molecule has 0 aliphatic carbocycles. The van der Waals surface area contributed by atoms with E-state index in [9.17, 15) is 4.79 Å². The molecule has 1 heterocycles. The number of guanidine groups is 1. The Bertz CT molecular complexity index is 409. The molecule has 7 heteroatoms. The number of carbonyl (C=O) groups excluding carboxylic acids is 1. The standard InChI is InChI=1S/C19H39N5O.HI/c1-6-21-19(22-11-7-8-12-23(5)16(2)3)24-13-9-17(10-14-24)15-18(25)20-4;/h16-17H,6-15H2,1-5H3,(H,20,25)(H,21,22);1H. The van der Waals surface area contributed by atoms with Crippen LogP contribution in [0.4, 0.5) is 0 Å². The zero-order valence-electron chi connectivity index (χ0n) is 17.4. The van der Waals surface area contributed by atoms with Crippen molar-refractivity contribution in [1.82, 2.24) is 20.4 Å². The van der Waals surface area contributed by atoms with Crippen LogP contribution in [-0.2, 0) is 4.79 Å². The first-order valence-corrected chi connectivity index (χ1v) is 9.92. The van der Waals surface area contributed by atoms with E-state index in [4.69, 9.17) is 4.99 Å². The summed E-state index contributed by atoms with van der Waals surface area (Å²) >= 11 is 0. The number of nitrogens with one attached hydrogen (secondary N) is 2. The highest BCUT2D eigenvalue weighted by molar-refractivity contribution is 14.0. The predicted octanol–water partition coefficient (Wildman–Crippen LogP) is 2.54. The highest BCUT2D eigenvalue weighted by atomic mass is 127. The van der Waals surface area contributed by atoms with Gasteiger partial charge in [0.1, 0.15) is 0 Å². The first-order valence-electron chi connectivity index (χ1n) is 9.92. The van der Waals surface area contributed by atoms with E-state index < -0.39 is 0 Å². The normalized spacial score (nSPS) is 16.0. The van der Waals surface area contributed by atoms with Gasteiger partial charge < -0.3 is 20.4 Å². The largest absolute Gasteiger partial charge is 0.359 e. The molecule has 0 unspecified atom stereocenters. The van der Waals surface area contributed by atoms with Crippen molar-refractivity contribution in [3.05, 3.63) is 0 Å². The topological polar surface area (TPSA) is 60.0 Å². The molecule has 0 spiro atoms. The SMILES string of the molecule is CCNC(=NCCCCN(C)C(C)C)N1CCC(CC(=O)NC)CC1.I. The minimum atomic E-state index is 0. The van der Waals surface area contributed by atoms with Gasteiger partial charge in [0.05, 0.1) is 0 Å². The van der Waals surface area contributed by atoms with Gasteiger partial charge >= 0.3 is 0 Å². The van der Waals surface area contributed by atoms with E-state index in [-0.39, 0.29) is 29.9 Å². The van der Waals surface area contributed by atoms with Crippen LogP contribution in [-0.4, -0.2) is 74.5 Å². The van der Waals surface area contributed by atoms with Gasteiger partial charge in [-0.1, -0.05) is 0 Å². The molecule has 2 N–H and O–H groups in total. The van der Waals surface area contributed by atoms with Crippen molar-refractivity contribution < 1.29 is 4.79 Å². The summed E-state index contributed by atoms with van der Waals surface area (Å²) in [4.78, 5) is 21.1.